The highest BCUT2D eigenvalue weighted by Gasteiger charge is 2.22. The largest absolute Gasteiger partial charge is 0.314 e. The van der Waals surface area contributed by atoms with Crippen molar-refractivity contribution in [1.29, 1.82) is 0 Å². The number of aromatic nitrogens is 6. The van der Waals surface area contributed by atoms with Crippen LogP contribution in [0.2, 0.25) is 0 Å². The van der Waals surface area contributed by atoms with E-state index in [1.54, 1.807) is 18.6 Å². The molecule has 0 aromatic carbocycles. The zero-order chi connectivity index (χ0) is 14.1. The van der Waals surface area contributed by atoms with Gasteiger partial charge in [0.2, 0.25) is 5.13 Å². The molecule has 0 bridgehead atoms. The average Bonchev–Trinajstić information content (AvgIpc) is 2.99. The summed E-state index contributed by atoms with van der Waals surface area (Å²) in [6, 6.07) is 0. The van der Waals surface area contributed by atoms with Gasteiger partial charge in [0.15, 0.2) is 11.6 Å². The van der Waals surface area contributed by atoms with E-state index >= 15 is 0 Å². The monoisotopic (exact) mass is 299 g/mol. The zero-order valence-electron chi connectivity index (χ0n) is 11.2. The van der Waals surface area contributed by atoms with Gasteiger partial charge in [-0.25, -0.2) is 4.98 Å². The predicted octanol–water partition coefficient (Wildman–Crippen LogP) is 2.35. The van der Waals surface area contributed by atoms with Gasteiger partial charge < -0.3 is 5.32 Å². The lowest BCUT2D eigenvalue weighted by Crippen LogP contribution is -1.99. The standard InChI is InChI=1S/C13H13N7S/c1-2-9(1)7-20-8-10(5-16-20)12-18-13(21-19-12)17-11-6-14-3-4-15-11/h3-6,8-9H,1-2,7H2,(H,15,17,18,19). The molecule has 3 heterocycles. The summed E-state index contributed by atoms with van der Waals surface area (Å²) in [5.41, 5.74) is 0.944. The molecular formula is C13H13N7S. The third-order valence-corrected chi connectivity index (χ3v) is 3.89. The van der Waals surface area contributed by atoms with Crippen molar-refractivity contribution in [3.05, 3.63) is 31.0 Å². The van der Waals surface area contributed by atoms with E-state index in [9.17, 15) is 0 Å². The van der Waals surface area contributed by atoms with Crippen LogP contribution in [0.5, 0.6) is 0 Å². The Balaban J connectivity index is 1.49. The van der Waals surface area contributed by atoms with Gasteiger partial charge in [0, 0.05) is 36.7 Å². The molecule has 7 nitrogen and oxygen atoms in total. The second-order valence-corrected chi connectivity index (χ2v) is 5.79. The van der Waals surface area contributed by atoms with Crippen LogP contribution in [-0.2, 0) is 6.54 Å². The average molecular weight is 299 g/mol. The Morgan fingerprint density at radius 2 is 2.24 bits per heavy atom. The molecule has 1 N–H and O–H groups in total. The Hall–Kier alpha value is -2.35. The van der Waals surface area contributed by atoms with Gasteiger partial charge in [-0.3, -0.25) is 9.67 Å². The lowest BCUT2D eigenvalue weighted by atomic mass is 10.3. The molecule has 3 aromatic rings. The predicted molar refractivity (Wildman–Crippen MR) is 79.2 cm³/mol. The minimum absolute atomic E-state index is 0.657. The van der Waals surface area contributed by atoms with Crippen molar-refractivity contribution in [2.75, 3.05) is 5.32 Å². The Morgan fingerprint density at radius 1 is 1.29 bits per heavy atom. The quantitative estimate of drug-likeness (QED) is 0.778. The maximum absolute atomic E-state index is 4.46. The molecule has 0 unspecified atom stereocenters. The van der Waals surface area contributed by atoms with Gasteiger partial charge >= 0.3 is 0 Å². The highest BCUT2D eigenvalue weighted by molar-refractivity contribution is 7.09. The van der Waals surface area contributed by atoms with E-state index in [1.807, 2.05) is 17.1 Å². The van der Waals surface area contributed by atoms with Gasteiger partial charge in [0.1, 0.15) is 0 Å². The first-order chi connectivity index (χ1) is 10.4. The van der Waals surface area contributed by atoms with E-state index in [4.69, 9.17) is 0 Å². The minimum atomic E-state index is 0.657. The van der Waals surface area contributed by atoms with E-state index in [2.05, 4.69) is 29.7 Å². The van der Waals surface area contributed by atoms with E-state index in [-0.39, 0.29) is 0 Å². The van der Waals surface area contributed by atoms with Crippen molar-refractivity contribution >= 4 is 22.5 Å². The molecule has 8 heteroatoms. The van der Waals surface area contributed by atoms with Gasteiger partial charge in [-0.2, -0.15) is 14.5 Å². The molecule has 0 radical (unpaired) electrons. The van der Waals surface area contributed by atoms with Crippen LogP contribution in [-0.4, -0.2) is 29.1 Å². The van der Waals surface area contributed by atoms with Crippen LogP contribution in [0.1, 0.15) is 12.8 Å². The maximum Gasteiger partial charge on any atom is 0.208 e. The fraction of sp³-hybridized carbons (Fsp3) is 0.308. The number of anilines is 2. The van der Waals surface area contributed by atoms with Crippen molar-refractivity contribution in [1.82, 2.24) is 29.1 Å². The van der Waals surface area contributed by atoms with Gasteiger partial charge in [-0.1, -0.05) is 0 Å². The van der Waals surface area contributed by atoms with E-state index in [1.165, 1.54) is 24.4 Å². The van der Waals surface area contributed by atoms with Crippen LogP contribution in [0.25, 0.3) is 11.4 Å². The Kier molecular flexibility index (Phi) is 3.07. The van der Waals surface area contributed by atoms with Gasteiger partial charge in [0.05, 0.1) is 18.0 Å². The lowest BCUT2D eigenvalue weighted by Gasteiger charge is -1.97. The van der Waals surface area contributed by atoms with Crippen molar-refractivity contribution < 1.29 is 0 Å². The van der Waals surface area contributed by atoms with Crippen LogP contribution in [0.4, 0.5) is 10.9 Å². The fourth-order valence-electron chi connectivity index (χ4n) is 2.01. The SMILES string of the molecule is c1cnc(Nc2nc(-c3cnn(CC4CC4)c3)ns2)cn1. The molecule has 0 amide bonds. The molecule has 0 saturated heterocycles. The topological polar surface area (TPSA) is 81.4 Å². The van der Waals surface area contributed by atoms with Crippen LogP contribution in [0, 0.1) is 5.92 Å². The summed E-state index contributed by atoms with van der Waals surface area (Å²) in [5.74, 6) is 2.15. The number of nitrogens with one attached hydrogen (secondary N) is 1. The van der Waals surface area contributed by atoms with Gasteiger partial charge in [-0.15, -0.1) is 0 Å². The lowest BCUT2D eigenvalue weighted by molar-refractivity contribution is 0.563. The third-order valence-electron chi connectivity index (χ3n) is 3.26. The molecule has 21 heavy (non-hydrogen) atoms. The highest BCUT2D eigenvalue weighted by atomic mass is 32.1. The molecule has 0 atom stereocenters. The van der Waals surface area contributed by atoms with E-state index in [0.717, 1.165) is 18.0 Å². The molecular weight excluding hydrogens is 286 g/mol. The summed E-state index contributed by atoms with van der Waals surface area (Å²) in [6.45, 7) is 0.995. The summed E-state index contributed by atoms with van der Waals surface area (Å²) < 4.78 is 6.33. The summed E-state index contributed by atoms with van der Waals surface area (Å²) >= 11 is 1.30. The second kappa shape index (κ2) is 5.21. The minimum Gasteiger partial charge on any atom is -0.314 e. The Morgan fingerprint density at radius 3 is 3.05 bits per heavy atom. The summed E-state index contributed by atoms with van der Waals surface area (Å²) in [5, 5.41) is 8.15. The molecule has 1 aliphatic carbocycles. The first kappa shape index (κ1) is 12.4. The van der Waals surface area contributed by atoms with Crippen LogP contribution in [0.15, 0.2) is 31.0 Å². The number of nitrogens with zero attached hydrogens (tertiary/aromatic N) is 6. The summed E-state index contributed by atoms with van der Waals surface area (Å²) in [7, 11) is 0. The second-order valence-electron chi connectivity index (χ2n) is 5.03. The third kappa shape index (κ3) is 2.89. The van der Waals surface area contributed by atoms with Crippen LogP contribution < -0.4 is 5.32 Å². The van der Waals surface area contributed by atoms with E-state index < -0.39 is 0 Å². The van der Waals surface area contributed by atoms with E-state index in [0.29, 0.717) is 16.8 Å². The molecule has 1 aliphatic rings. The smallest absolute Gasteiger partial charge is 0.208 e. The molecule has 1 fully saturated rings. The normalized spacial score (nSPS) is 14.3. The maximum atomic E-state index is 4.46. The highest BCUT2D eigenvalue weighted by Crippen LogP contribution is 2.31. The number of hydrogen-bond donors (Lipinski definition) is 1. The molecule has 0 spiro atoms. The molecule has 0 aliphatic heterocycles. The van der Waals surface area contributed by atoms with Crippen molar-refractivity contribution in [3.8, 4) is 11.4 Å². The molecule has 1 saturated carbocycles. The first-order valence-electron chi connectivity index (χ1n) is 6.76. The van der Waals surface area contributed by atoms with Crippen LogP contribution in [0.3, 0.4) is 0 Å². The number of rotatable bonds is 5. The molecule has 3 aromatic heterocycles. The molecule has 4 rings (SSSR count). The van der Waals surface area contributed by atoms with Gasteiger partial charge in [0.25, 0.3) is 0 Å². The Bertz CT molecular complexity index is 732. The van der Waals surface area contributed by atoms with Crippen LogP contribution >= 0.6 is 11.5 Å². The zero-order valence-corrected chi connectivity index (χ0v) is 12.0. The Labute approximate surface area is 125 Å². The van der Waals surface area contributed by atoms with Crippen molar-refractivity contribution in [2.45, 2.75) is 19.4 Å². The molecule has 106 valence electrons. The summed E-state index contributed by atoms with van der Waals surface area (Å²) in [4.78, 5) is 12.6. The van der Waals surface area contributed by atoms with Crippen molar-refractivity contribution in [3.63, 3.8) is 0 Å². The first-order valence-corrected chi connectivity index (χ1v) is 7.54. The fourth-order valence-corrected chi connectivity index (χ4v) is 2.61. The number of hydrogen-bond acceptors (Lipinski definition) is 7. The van der Waals surface area contributed by atoms with Crippen molar-refractivity contribution in [2.24, 2.45) is 5.92 Å². The summed E-state index contributed by atoms with van der Waals surface area (Å²) in [6.07, 6.45) is 11.4. The van der Waals surface area contributed by atoms with Gasteiger partial charge in [-0.05, 0) is 18.8 Å².